The summed E-state index contributed by atoms with van der Waals surface area (Å²) in [5.74, 6) is 0.770. The van der Waals surface area contributed by atoms with Crippen molar-refractivity contribution in [1.82, 2.24) is 29.8 Å². The number of aromatic amines is 1. The second-order valence-electron chi connectivity index (χ2n) is 7.06. The number of nitrogens with one attached hydrogen (secondary N) is 1. The van der Waals surface area contributed by atoms with Crippen LogP contribution in [0, 0.1) is 5.82 Å². The smallest absolute Gasteiger partial charge is 0.319 e. The van der Waals surface area contributed by atoms with Crippen LogP contribution in [0.1, 0.15) is 47.8 Å². The van der Waals surface area contributed by atoms with Crippen molar-refractivity contribution in [3.05, 3.63) is 59.5 Å². The Morgan fingerprint density at radius 1 is 1.26 bits per heavy atom. The van der Waals surface area contributed by atoms with Crippen molar-refractivity contribution in [3.63, 3.8) is 0 Å². The minimum Gasteiger partial charge on any atom is -0.408 e. The number of hydrogen-bond acceptors (Lipinski definition) is 6. The lowest BCUT2D eigenvalue weighted by atomic mass is 10.0. The first kappa shape index (κ1) is 14.9. The van der Waals surface area contributed by atoms with Gasteiger partial charge >= 0.3 is 6.01 Å². The zero-order valence-electron chi connectivity index (χ0n) is 14.3. The van der Waals surface area contributed by atoms with E-state index in [1.54, 1.807) is 29.2 Å². The van der Waals surface area contributed by atoms with Gasteiger partial charge in [0.25, 0.3) is 0 Å². The molecule has 0 amide bonds. The summed E-state index contributed by atoms with van der Waals surface area (Å²) in [6, 6.07) is 4.98. The second kappa shape index (κ2) is 5.38. The number of anilines is 1. The van der Waals surface area contributed by atoms with Gasteiger partial charge in [-0.25, -0.2) is 13.9 Å². The molecule has 4 aromatic rings. The number of pyridine rings is 1. The first-order valence-electron chi connectivity index (χ1n) is 9.04. The fourth-order valence-electron chi connectivity index (χ4n) is 3.75. The standard InChI is InChI=1S/C18H16FN7O/c19-11-2-1-6-26-14(11)8-13(24-26)16-15-12(20-9-21-15)5-7-25(16)18-23-22-17(27-18)10-3-4-10/h1-2,6,8-10,16H,3-5,7H2,(H,20,21). The van der Waals surface area contributed by atoms with E-state index in [1.807, 2.05) is 4.90 Å². The van der Waals surface area contributed by atoms with Crippen molar-refractivity contribution >= 4 is 11.5 Å². The van der Waals surface area contributed by atoms with Gasteiger partial charge in [0.1, 0.15) is 17.4 Å². The highest BCUT2D eigenvalue weighted by atomic mass is 19.1. The zero-order valence-corrected chi connectivity index (χ0v) is 14.3. The van der Waals surface area contributed by atoms with Gasteiger partial charge in [0.2, 0.25) is 5.89 Å². The molecule has 9 heteroatoms. The number of H-pyrrole nitrogens is 1. The third-order valence-corrected chi connectivity index (χ3v) is 5.28. The topological polar surface area (TPSA) is 88.1 Å². The molecule has 5 heterocycles. The molecule has 0 aromatic carbocycles. The Kier molecular flexibility index (Phi) is 2.97. The van der Waals surface area contributed by atoms with Gasteiger partial charge in [-0.3, -0.25) is 0 Å². The predicted octanol–water partition coefficient (Wildman–Crippen LogP) is 2.61. The lowest BCUT2D eigenvalue weighted by Crippen LogP contribution is -2.36. The van der Waals surface area contributed by atoms with Crippen molar-refractivity contribution in [2.75, 3.05) is 11.4 Å². The van der Waals surface area contributed by atoms with Crippen LogP contribution in [-0.2, 0) is 6.42 Å². The number of halogens is 1. The van der Waals surface area contributed by atoms with Crippen molar-refractivity contribution in [2.45, 2.75) is 31.2 Å². The normalized spacial score (nSPS) is 19.6. The van der Waals surface area contributed by atoms with Crippen LogP contribution in [0.5, 0.6) is 0 Å². The number of aromatic nitrogens is 6. The van der Waals surface area contributed by atoms with E-state index in [0.717, 1.165) is 30.7 Å². The Labute approximate surface area is 153 Å². The van der Waals surface area contributed by atoms with Crippen LogP contribution in [0.25, 0.3) is 5.52 Å². The minimum absolute atomic E-state index is 0.310. The summed E-state index contributed by atoms with van der Waals surface area (Å²) < 4.78 is 21.7. The lowest BCUT2D eigenvalue weighted by molar-refractivity contribution is 0.463. The molecule has 4 aromatic heterocycles. The number of fused-ring (bicyclic) bond motifs is 2. The van der Waals surface area contributed by atoms with Crippen LogP contribution in [0.4, 0.5) is 10.4 Å². The van der Waals surface area contributed by atoms with Gasteiger partial charge in [-0.15, -0.1) is 5.10 Å². The maximum absolute atomic E-state index is 14.2. The first-order valence-corrected chi connectivity index (χ1v) is 9.04. The van der Waals surface area contributed by atoms with Crippen molar-refractivity contribution < 1.29 is 8.81 Å². The number of nitrogens with zero attached hydrogens (tertiary/aromatic N) is 6. The van der Waals surface area contributed by atoms with Crippen molar-refractivity contribution in [2.24, 2.45) is 0 Å². The molecular formula is C18H16FN7O. The van der Waals surface area contributed by atoms with Crippen LogP contribution in [-0.4, -0.2) is 36.3 Å². The summed E-state index contributed by atoms with van der Waals surface area (Å²) in [4.78, 5) is 9.72. The Morgan fingerprint density at radius 2 is 2.19 bits per heavy atom. The Bertz CT molecular complexity index is 1140. The van der Waals surface area contributed by atoms with E-state index in [2.05, 4.69) is 25.3 Å². The van der Waals surface area contributed by atoms with E-state index >= 15 is 0 Å². The molecule has 0 spiro atoms. The maximum atomic E-state index is 14.2. The lowest BCUT2D eigenvalue weighted by Gasteiger charge is -2.32. The zero-order chi connectivity index (χ0) is 18.0. The summed E-state index contributed by atoms with van der Waals surface area (Å²) in [5, 5.41) is 13.1. The van der Waals surface area contributed by atoms with Crippen LogP contribution in [0.3, 0.4) is 0 Å². The molecule has 1 saturated carbocycles. The van der Waals surface area contributed by atoms with Crippen LogP contribution >= 0.6 is 0 Å². The minimum atomic E-state index is -0.313. The van der Waals surface area contributed by atoms with Crippen LogP contribution in [0.15, 0.2) is 35.1 Å². The van der Waals surface area contributed by atoms with Gasteiger partial charge in [0.05, 0.1) is 17.7 Å². The van der Waals surface area contributed by atoms with Gasteiger partial charge in [0.15, 0.2) is 0 Å². The molecule has 2 aliphatic rings. The highest BCUT2D eigenvalue weighted by Crippen LogP contribution is 2.42. The van der Waals surface area contributed by atoms with Gasteiger partial charge in [-0.1, -0.05) is 5.10 Å². The molecule has 1 aliphatic heterocycles. The number of hydrogen-bond donors (Lipinski definition) is 1. The van der Waals surface area contributed by atoms with E-state index < -0.39 is 0 Å². The molecular weight excluding hydrogens is 349 g/mol. The monoisotopic (exact) mass is 365 g/mol. The van der Waals surface area contributed by atoms with Crippen molar-refractivity contribution in [1.29, 1.82) is 0 Å². The highest BCUT2D eigenvalue weighted by Gasteiger charge is 2.37. The Morgan fingerprint density at radius 3 is 3.04 bits per heavy atom. The molecule has 1 N–H and O–H groups in total. The molecule has 1 unspecified atom stereocenters. The van der Waals surface area contributed by atoms with E-state index in [4.69, 9.17) is 4.42 Å². The number of rotatable bonds is 3. The fourth-order valence-corrected chi connectivity index (χ4v) is 3.75. The summed E-state index contributed by atoms with van der Waals surface area (Å²) in [5.41, 5.74) is 3.03. The second-order valence-corrected chi connectivity index (χ2v) is 7.06. The third-order valence-electron chi connectivity index (χ3n) is 5.28. The third kappa shape index (κ3) is 2.27. The molecule has 1 fully saturated rings. The molecule has 1 aliphatic carbocycles. The molecule has 0 saturated heterocycles. The fraction of sp³-hybridized carbons (Fsp3) is 0.333. The molecule has 1 atom stereocenters. The molecule has 6 rings (SSSR count). The van der Waals surface area contributed by atoms with E-state index in [0.29, 0.717) is 35.6 Å². The average Bonchev–Trinajstić information content (AvgIpc) is 3.11. The van der Waals surface area contributed by atoms with Gasteiger partial charge < -0.3 is 14.3 Å². The van der Waals surface area contributed by atoms with Crippen molar-refractivity contribution in [3.8, 4) is 0 Å². The number of imidazole rings is 1. The summed E-state index contributed by atoms with van der Waals surface area (Å²) in [6.07, 6.45) is 6.40. The molecule has 27 heavy (non-hydrogen) atoms. The summed E-state index contributed by atoms with van der Waals surface area (Å²) in [6.45, 7) is 0.683. The molecule has 8 nitrogen and oxygen atoms in total. The predicted molar refractivity (Wildman–Crippen MR) is 92.9 cm³/mol. The SMILES string of the molecule is Fc1cccn2nc(C3c4nc[nH]c4CCN3c3nnc(C4CC4)o3)cc12. The quantitative estimate of drug-likeness (QED) is 0.600. The highest BCUT2D eigenvalue weighted by molar-refractivity contribution is 5.53. The molecule has 0 radical (unpaired) electrons. The summed E-state index contributed by atoms with van der Waals surface area (Å²) in [7, 11) is 0. The van der Waals surface area contributed by atoms with E-state index in [-0.39, 0.29) is 11.9 Å². The largest absolute Gasteiger partial charge is 0.408 e. The van der Waals surface area contributed by atoms with E-state index in [9.17, 15) is 4.39 Å². The van der Waals surface area contributed by atoms with Crippen LogP contribution in [0.2, 0.25) is 0 Å². The van der Waals surface area contributed by atoms with Gasteiger partial charge in [-0.05, 0) is 31.0 Å². The Balaban J connectivity index is 1.49. The maximum Gasteiger partial charge on any atom is 0.319 e. The molecule has 136 valence electrons. The average molecular weight is 365 g/mol. The van der Waals surface area contributed by atoms with Gasteiger partial charge in [0, 0.05) is 30.8 Å². The van der Waals surface area contributed by atoms with Gasteiger partial charge in [-0.2, -0.15) is 5.10 Å². The summed E-state index contributed by atoms with van der Waals surface area (Å²) >= 11 is 0. The molecule has 0 bridgehead atoms. The van der Waals surface area contributed by atoms with Crippen LogP contribution < -0.4 is 4.90 Å². The Hall–Kier alpha value is -3.23. The van der Waals surface area contributed by atoms with E-state index in [1.165, 1.54) is 6.07 Å². The first-order chi connectivity index (χ1) is 13.3.